The molecule has 2 atom stereocenters. The Balaban J connectivity index is 3.24. The molecule has 0 aromatic rings. The maximum Gasteiger partial charge on any atom is 0.695 e. The van der Waals surface area contributed by atoms with Crippen molar-refractivity contribution in [2.45, 2.75) is 18.4 Å². The number of alkyl halides is 1. The van der Waals surface area contributed by atoms with E-state index >= 15 is 0 Å². The minimum absolute atomic E-state index is 0.295. The molecule has 0 aromatic heterocycles. The van der Waals surface area contributed by atoms with Crippen molar-refractivity contribution < 1.29 is 14.0 Å². The summed E-state index contributed by atoms with van der Waals surface area (Å²) in [6.45, 7) is 1.85. The molecule has 0 amide bonds. The Hall–Kier alpha value is 0.500. The van der Waals surface area contributed by atoms with Crippen molar-refractivity contribution in [2.75, 3.05) is 0 Å². The van der Waals surface area contributed by atoms with Gasteiger partial charge in [-0.15, -0.1) is 9.42 Å². The van der Waals surface area contributed by atoms with E-state index in [-0.39, 0.29) is 5.01 Å². The van der Waals surface area contributed by atoms with Gasteiger partial charge in [0.25, 0.3) is 0 Å². The van der Waals surface area contributed by atoms with Gasteiger partial charge in [-0.1, -0.05) is 22.9 Å². The third-order valence-corrected chi connectivity index (χ3v) is 2.08. The maximum atomic E-state index is 9.86. The fraction of sp³-hybridized carbons (Fsp3) is 1.00. The van der Waals surface area contributed by atoms with Gasteiger partial charge < -0.3 is 0 Å². The van der Waals surface area contributed by atoms with Gasteiger partial charge in [0.05, 0.1) is 0 Å². The Morgan fingerprint density at radius 2 is 2.50 bits per heavy atom. The molecule has 48 valence electrons. The molecule has 0 spiro atoms. The molecular formula is C3H7BrO3P+. The molecule has 0 aliphatic carbocycles. The van der Waals surface area contributed by atoms with E-state index in [1.807, 2.05) is 6.92 Å². The molecule has 0 bridgehead atoms. The number of hydrogen-bond acceptors (Lipinski definition) is 2. The summed E-state index contributed by atoms with van der Waals surface area (Å²) in [7, 11) is -2.44. The molecule has 0 saturated heterocycles. The van der Waals surface area contributed by atoms with Crippen LogP contribution in [0.2, 0.25) is 0 Å². The predicted molar refractivity (Wildman–Crippen MR) is 33.9 cm³/mol. The summed E-state index contributed by atoms with van der Waals surface area (Å²) < 4.78 is 14.2. The molecule has 0 aliphatic rings. The Bertz CT molecular complexity index is 86.6. The third kappa shape index (κ3) is 4.65. The SMILES string of the molecule is CCC(Br)O[P+](=O)O. The van der Waals surface area contributed by atoms with Crippen LogP contribution in [0.4, 0.5) is 0 Å². The van der Waals surface area contributed by atoms with Gasteiger partial charge in [-0.25, -0.2) is 0 Å². The minimum atomic E-state index is -2.44. The topological polar surface area (TPSA) is 46.5 Å². The van der Waals surface area contributed by atoms with Crippen molar-refractivity contribution in [1.82, 2.24) is 0 Å². The number of halogens is 1. The lowest BCUT2D eigenvalue weighted by Crippen LogP contribution is -1.93. The maximum absolute atomic E-state index is 9.86. The van der Waals surface area contributed by atoms with E-state index in [2.05, 4.69) is 20.5 Å². The van der Waals surface area contributed by atoms with Gasteiger partial charge in [0.1, 0.15) is 0 Å². The molecular weight excluding hydrogens is 195 g/mol. The Morgan fingerprint density at radius 3 is 2.62 bits per heavy atom. The average Bonchev–Trinajstić information content (AvgIpc) is 1.65. The molecule has 0 rings (SSSR count). The fourth-order valence-corrected chi connectivity index (χ4v) is 0.946. The van der Waals surface area contributed by atoms with E-state index in [1.54, 1.807) is 0 Å². The van der Waals surface area contributed by atoms with Gasteiger partial charge >= 0.3 is 8.25 Å². The van der Waals surface area contributed by atoms with Crippen molar-refractivity contribution in [3.63, 3.8) is 0 Å². The van der Waals surface area contributed by atoms with Crippen LogP contribution in [0.25, 0.3) is 0 Å². The quantitative estimate of drug-likeness (QED) is 0.560. The van der Waals surface area contributed by atoms with Gasteiger partial charge in [-0.3, -0.25) is 0 Å². The summed E-state index contributed by atoms with van der Waals surface area (Å²) in [5.74, 6) is 0. The van der Waals surface area contributed by atoms with Crippen molar-refractivity contribution in [3.05, 3.63) is 0 Å². The van der Waals surface area contributed by atoms with Gasteiger partial charge in [-0.2, -0.15) is 0 Å². The minimum Gasteiger partial charge on any atom is -0.133 e. The molecule has 2 unspecified atom stereocenters. The number of rotatable bonds is 3. The first-order valence-electron chi connectivity index (χ1n) is 2.13. The summed E-state index contributed by atoms with van der Waals surface area (Å²) in [6.07, 6.45) is 0.682. The van der Waals surface area contributed by atoms with Crippen molar-refractivity contribution in [1.29, 1.82) is 0 Å². The predicted octanol–water partition coefficient (Wildman–Crippen LogP) is 1.78. The van der Waals surface area contributed by atoms with Crippen molar-refractivity contribution in [3.8, 4) is 0 Å². The van der Waals surface area contributed by atoms with Crippen LogP contribution in [0.5, 0.6) is 0 Å². The summed E-state index contributed by atoms with van der Waals surface area (Å²) in [6, 6.07) is 0. The Labute approximate surface area is 57.1 Å². The van der Waals surface area contributed by atoms with E-state index in [4.69, 9.17) is 4.89 Å². The van der Waals surface area contributed by atoms with Crippen LogP contribution < -0.4 is 0 Å². The lowest BCUT2D eigenvalue weighted by molar-refractivity contribution is 0.261. The monoisotopic (exact) mass is 201 g/mol. The van der Waals surface area contributed by atoms with Crippen LogP contribution in [0.15, 0.2) is 0 Å². The first kappa shape index (κ1) is 8.50. The first-order chi connectivity index (χ1) is 3.66. The highest BCUT2D eigenvalue weighted by molar-refractivity contribution is 9.09. The molecule has 1 N–H and O–H groups in total. The smallest absolute Gasteiger partial charge is 0.133 e. The summed E-state index contributed by atoms with van der Waals surface area (Å²) in [5, 5.41) is -0.295. The van der Waals surface area contributed by atoms with Crippen LogP contribution >= 0.6 is 24.2 Å². The zero-order valence-electron chi connectivity index (χ0n) is 4.37. The van der Waals surface area contributed by atoms with E-state index < -0.39 is 8.25 Å². The van der Waals surface area contributed by atoms with E-state index in [9.17, 15) is 4.57 Å². The lowest BCUT2D eigenvalue weighted by Gasteiger charge is -1.91. The number of hydrogen-bond donors (Lipinski definition) is 1. The second-order valence-corrected chi connectivity index (χ2v) is 2.87. The van der Waals surface area contributed by atoms with Crippen LogP contribution in [0.3, 0.4) is 0 Å². The van der Waals surface area contributed by atoms with Crippen LogP contribution in [0, 0.1) is 0 Å². The van der Waals surface area contributed by atoms with Gasteiger partial charge in [0.15, 0.2) is 5.01 Å². The molecule has 0 aliphatic heterocycles. The van der Waals surface area contributed by atoms with E-state index in [0.717, 1.165) is 0 Å². The molecule has 3 nitrogen and oxygen atoms in total. The third-order valence-electron chi connectivity index (χ3n) is 0.526. The van der Waals surface area contributed by atoms with Gasteiger partial charge in [0, 0.05) is 4.57 Å². The standard InChI is InChI=1S/C3H6BrO3P/c1-2-3(4)7-8(5)6/h3H,2H2,1H3/p+1. The second kappa shape index (κ2) is 4.39. The molecule has 5 heteroatoms. The molecule has 0 radical (unpaired) electrons. The summed E-state index contributed by atoms with van der Waals surface area (Å²) >= 11 is 3.01. The zero-order chi connectivity index (χ0) is 6.57. The second-order valence-electron chi connectivity index (χ2n) is 1.16. The van der Waals surface area contributed by atoms with Crippen LogP contribution in [-0.4, -0.2) is 9.91 Å². The summed E-state index contributed by atoms with van der Waals surface area (Å²) in [4.78, 5) is 8.11. The molecule has 0 fully saturated rings. The van der Waals surface area contributed by atoms with Crippen LogP contribution in [0.1, 0.15) is 13.3 Å². The first-order valence-corrected chi connectivity index (χ1v) is 4.18. The van der Waals surface area contributed by atoms with Gasteiger partial charge in [0.2, 0.25) is 0 Å². The Kier molecular flexibility index (Phi) is 4.66. The molecule has 0 heterocycles. The van der Waals surface area contributed by atoms with Crippen LogP contribution in [-0.2, 0) is 9.09 Å². The summed E-state index contributed by atoms with van der Waals surface area (Å²) in [5.41, 5.74) is 0. The average molecular weight is 202 g/mol. The highest BCUT2D eigenvalue weighted by atomic mass is 79.9. The highest BCUT2D eigenvalue weighted by Gasteiger charge is 2.17. The van der Waals surface area contributed by atoms with E-state index in [1.165, 1.54) is 0 Å². The molecule has 8 heavy (non-hydrogen) atoms. The largest absolute Gasteiger partial charge is 0.695 e. The van der Waals surface area contributed by atoms with Gasteiger partial charge in [-0.05, 0) is 6.42 Å². The molecule has 0 saturated carbocycles. The lowest BCUT2D eigenvalue weighted by atomic mass is 10.5. The Morgan fingerprint density at radius 1 is 2.00 bits per heavy atom. The normalized spacial score (nSPS) is 15.6. The van der Waals surface area contributed by atoms with Crippen molar-refractivity contribution >= 4 is 24.2 Å². The molecule has 0 aromatic carbocycles. The fourth-order valence-electron chi connectivity index (χ4n) is 0.172. The zero-order valence-corrected chi connectivity index (χ0v) is 6.85. The van der Waals surface area contributed by atoms with Crippen molar-refractivity contribution in [2.24, 2.45) is 0 Å². The van der Waals surface area contributed by atoms with E-state index in [0.29, 0.717) is 6.42 Å². The highest BCUT2D eigenvalue weighted by Crippen LogP contribution is 2.22.